The van der Waals surface area contributed by atoms with Crippen LogP contribution in [0.4, 0.5) is 8.78 Å². The van der Waals surface area contributed by atoms with Gasteiger partial charge in [-0.05, 0) is 36.6 Å². The van der Waals surface area contributed by atoms with Crippen LogP contribution in [-0.4, -0.2) is 47.8 Å². The molecule has 0 N–H and O–H groups in total. The van der Waals surface area contributed by atoms with Gasteiger partial charge >= 0.3 is 0 Å². The SMILES string of the molecule is Cc1ccccc1CCC(=O)N1CCN(C(=O)c2ccc(F)cc2F)CC1. The van der Waals surface area contributed by atoms with Crippen molar-refractivity contribution in [1.82, 2.24) is 9.80 Å². The Morgan fingerprint density at radius 1 is 0.963 bits per heavy atom. The highest BCUT2D eigenvalue weighted by Crippen LogP contribution is 2.15. The van der Waals surface area contributed by atoms with Gasteiger partial charge in [0, 0.05) is 38.7 Å². The zero-order valence-electron chi connectivity index (χ0n) is 15.3. The molecule has 0 unspecified atom stereocenters. The highest BCUT2D eigenvalue weighted by Gasteiger charge is 2.26. The molecule has 0 atom stereocenters. The first-order valence-electron chi connectivity index (χ1n) is 9.02. The molecule has 142 valence electrons. The van der Waals surface area contributed by atoms with Crippen molar-refractivity contribution < 1.29 is 18.4 Å². The van der Waals surface area contributed by atoms with E-state index in [1.165, 1.54) is 10.5 Å². The molecule has 0 aromatic heterocycles. The summed E-state index contributed by atoms with van der Waals surface area (Å²) in [6, 6.07) is 10.9. The zero-order chi connectivity index (χ0) is 19.4. The molecule has 4 nitrogen and oxygen atoms in total. The lowest BCUT2D eigenvalue weighted by molar-refractivity contribution is -0.132. The maximum Gasteiger partial charge on any atom is 0.256 e. The van der Waals surface area contributed by atoms with Crippen molar-refractivity contribution in [1.29, 1.82) is 0 Å². The summed E-state index contributed by atoms with van der Waals surface area (Å²) in [5, 5.41) is 0. The molecule has 1 aliphatic rings. The van der Waals surface area contributed by atoms with E-state index in [4.69, 9.17) is 0 Å². The molecule has 0 saturated carbocycles. The fourth-order valence-corrected chi connectivity index (χ4v) is 3.28. The molecule has 2 aromatic rings. The standard InChI is InChI=1S/C21H22F2N2O2/c1-15-4-2-3-5-16(15)6-9-20(26)24-10-12-25(13-11-24)21(27)18-8-7-17(22)14-19(18)23/h2-5,7-8,14H,6,9-13H2,1H3. The quantitative estimate of drug-likeness (QED) is 0.827. The third-order valence-electron chi connectivity index (χ3n) is 4.95. The minimum atomic E-state index is -0.864. The summed E-state index contributed by atoms with van der Waals surface area (Å²) in [4.78, 5) is 28.1. The Balaban J connectivity index is 1.53. The Kier molecular flexibility index (Phi) is 5.84. The van der Waals surface area contributed by atoms with Gasteiger partial charge in [-0.1, -0.05) is 24.3 Å². The summed E-state index contributed by atoms with van der Waals surface area (Å²) in [5.74, 6) is -2.00. The van der Waals surface area contributed by atoms with Gasteiger partial charge < -0.3 is 9.80 Å². The van der Waals surface area contributed by atoms with Gasteiger partial charge in [0.05, 0.1) is 5.56 Å². The van der Waals surface area contributed by atoms with Gasteiger partial charge in [-0.2, -0.15) is 0 Å². The molecule has 0 bridgehead atoms. The Morgan fingerprint density at radius 3 is 2.30 bits per heavy atom. The molecular weight excluding hydrogens is 350 g/mol. The van der Waals surface area contributed by atoms with Crippen molar-refractivity contribution >= 4 is 11.8 Å². The molecular formula is C21H22F2N2O2. The molecule has 3 rings (SSSR count). The van der Waals surface area contributed by atoms with E-state index in [1.54, 1.807) is 4.90 Å². The van der Waals surface area contributed by atoms with Crippen molar-refractivity contribution in [2.45, 2.75) is 19.8 Å². The smallest absolute Gasteiger partial charge is 0.256 e. The third-order valence-corrected chi connectivity index (χ3v) is 4.95. The van der Waals surface area contributed by atoms with Gasteiger partial charge in [-0.25, -0.2) is 8.78 Å². The fraction of sp³-hybridized carbons (Fsp3) is 0.333. The summed E-state index contributed by atoms with van der Waals surface area (Å²) in [5.41, 5.74) is 2.18. The van der Waals surface area contributed by atoms with E-state index in [-0.39, 0.29) is 11.5 Å². The van der Waals surface area contributed by atoms with E-state index in [2.05, 4.69) is 0 Å². The minimum Gasteiger partial charge on any atom is -0.339 e. The highest BCUT2D eigenvalue weighted by molar-refractivity contribution is 5.94. The summed E-state index contributed by atoms with van der Waals surface area (Å²) < 4.78 is 26.8. The Bertz CT molecular complexity index is 846. The van der Waals surface area contributed by atoms with E-state index in [0.717, 1.165) is 17.7 Å². The molecule has 0 spiro atoms. The Hall–Kier alpha value is -2.76. The molecule has 1 saturated heterocycles. The zero-order valence-corrected chi connectivity index (χ0v) is 15.3. The predicted molar refractivity (Wildman–Crippen MR) is 98.3 cm³/mol. The van der Waals surface area contributed by atoms with E-state index in [9.17, 15) is 18.4 Å². The molecule has 27 heavy (non-hydrogen) atoms. The van der Waals surface area contributed by atoms with E-state index in [0.29, 0.717) is 45.1 Å². The average molecular weight is 372 g/mol. The maximum absolute atomic E-state index is 13.8. The molecule has 2 amide bonds. The van der Waals surface area contributed by atoms with Crippen LogP contribution >= 0.6 is 0 Å². The molecule has 0 radical (unpaired) electrons. The third kappa shape index (κ3) is 4.51. The summed E-state index contributed by atoms with van der Waals surface area (Å²) in [6.07, 6.45) is 1.11. The van der Waals surface area contributed by atoms with Crippen LogP contribution in [0.1, 0.15) is 27.9 Å². The van der Waals surface area contributed by atoms with E-state index < -0.39 is 17.5 Å². The number of carbonyl (C=O) groups is 2. The largest absolute Gasteiger partial charge is 0.339 e. The lowest BCUT2D eigenvalue weighted by Gasteiger charge is -2.35. The summed E-state index contributed by atoms with van der Waals surface area (Å²) >= 11 is 0. The van der Waals surface area contributed by atoms with Crippen LogP contribution in [0.3, 0.4) is 0 Å². The molecule has 1 fully saturated rings. The number of amides is 2. The number of nitrogens with zero attached hydrogens (tertiary/aromatic N) is 2. The Morgan fingerprint density at radius 2 is 1.63 bits per heavy atom. The lowest BCUT2D eigenvalue weighted by atomic mass is 10.0. The van der Waals surface area contributed by atoms with Crippen molar-refractivity contribution in [2.75, 3.05) is 26.2 Å². The molecule has 0 aliphatic carbocycles. The van der Waals surface area contributed by atoms with Crippen molar-refractivity contribution in [3.63, 3.8) is 0 Å². The summed E-state index contributed by atoms with van der Waals surface area (Å²) in [7, 11) is 0. The van der Waals surface area contributed by atoms with Crippen LogP contribution in [0.5, 0.6) is 0 Å². The Labute approximate surface area is 157 Å². The minimum absolute atomic E-state index is 0.0540. The fourth-order valence-electron chi connectivity index (χ4n) is 3.28. The van der Waals surface area contributed by atoms with Crippen molar-refractivity contribution in [3.8, 4) is 0 Å². The number of hydrogen-bond donors (Lipinski definition) is 0. The number of piperazine rings is 1. The number of halogens is 2. The number of aryl methyl sites for hydroxylation is 2. The van der Waals surface area contributed by atoms with Crippen LogP contribution < -0.4 is 0 Å². The van der Waals surface area contributed by atoms with Crippen LogP contribution in [0.25, 0.3) is 0 Å². The van der Waals surface area contributed by atoms with Gasteiger partial charge in [0.15, 0.2) is 0 Å². The van der Waals surface area contributed by atoms with Crippen LogP contribution in [0.15, 0.2) is 42.5 Å². The second-order valence-electron chi connectivity index (χ2n) is 6.72. The number of hydrogen-bond acceptors (Lipinski definition) is 2. The van der Waals surface area contributed by atoms with Gasteiger partial charge in [0.25, 0.3) is 5.91 Å². The molecule has 1 heterocycles. The second kappa shape index (κ2) is 8.29. The van der Waals surface area contributed by atoms with Gasteiger partial charge in [-0.3, -0.25) is 9.59 Å². The van der Waals surface area contributed by atoms with E-state index in [1.807, 2.05) is 31.2 Å². The second-order valence-corrected chi connectivity index (χ2v) is 6.72. The van der Waals surface area contributed by atoms with Crippen LogP contribution in [0.2, 0.25) is 0 Å². The molecule has 6 heteroatoms. The first-order valence-corrected chi connectivity index (χ1v) is 9.02. The normalized spacial score (nSPS) is 14.3. The first-order chi connectivity index (χ1) is 13.0. The summed E-state index contributed by atoms with van der Waals surface area (Å²) in [6.45, 7) is 3.54. The first kappa shape index (κ1) is 19.0. The van der Waals surface area contributed by atoms with Crippen LogP contribution in [0, 0.1) is 18.6 Å². The topological polar surface area (TPSA) is 40.6 Å². The average Bonchev–Trinajstić information content (AvgIpc) is 2.67. The van der Waals surface area contributed by atoms with Gasteiger partial charge in [-0.15, -0.1) is 0 Å². The lowest BCUT2D eigenvalue weighted by Crippen LogP contribution is -2.50. The number of rotatable bonds is 4. The van der Waals surface area contributed by atoms with Crippen LogP contribution in [-0.2, 0) is 11.2 Å². The molecule has 1 aliphatic heterocycles. The van der Waals surface area contributed by atoms with Gasteiger partial charge in [0.2, 0.25) is 5.91 Å². The van der Waals surface area contributed by atoms with Crippen molar-refractivity contribution in [3.05, 3.63) is 70.8 Å². The number of benzene rings is 2. The van der Waals surface area contributed by atoms with Crippen molar-refractivity contribution in [2.24, 2.45) is 0 Å². The van der Waals surface area contributed by atoms with Gasteiger partial charge in [0.1, 0.15) is 11.6 Å². The maximum atomic E-state index is 13.8. The predicted octanol–water partition coefficient (Wildman–Crippen LogP) is 3.19. The molecule has 2 aromatic carbocycles. The monoisotopic (exact) mass is 372 g/mol. The highest BCUT2D eigenvalue weighted by atomic mass is 19.1. The van der Waals surface area contributed by atoms with E-state index >= 15 is 0 Å². The number of carbonyl (C=O) groups excluding carboxylic acids is 2.